The van der Waals surface area contributed by atoms with Gasteiger partial charge in [0.25, 0.3) is 5.91 Å². The number of carbonyl (C=O) groups is 1. The molecule has 2 aromatic rings. The van der Waals surface area contributed by atoms with E-state index in [1.807, 2.05) is 6.07 Å². The summed E-state index contributed by atoms with van der Waals surface area (Å²) in [6, 6.07) is 12.0. The zero-order valence-corrected chi connectivity index (χ0v) is 10.3. The van der Waals surface area contributed by atoms with Crippen molar-refractivity contribution in [2.75, 3.05) is 11.1 Å². The molecule has 0 radical (unpaired) electrons. The lowest BCUT2D eigenvalue weighted by Crippen LogP contribution is -2.14. The number of rotatable bonds is 2. The highest BCUT2D eigenvalue weighted by molar-refractivity contribution is 6.05. The highest BCUT2D eigenvalue weighted by Gasteiger charge is 2.10. The lowest BCUT2D eigenvalue weighted by molar-refractivity contribution is 0.102. The Morgan fingerprint density at radius 3 is 2.79 bits per heavy atom. The molecule has 0 saturated carbocycles. The number of hydrogen-bond acceptors (Lipinski definition) is 4. The lowest BCUT2D eigenvalue weighted by atomic mass is 10.1. The van der Waals surface area contributed by atoms with Gasteiger partial charge in [0.15, 0.2) is 0 Å². The number of aromatic nitrogens is 1. The zero-order chi connectivity index (χ0) is 13.8. The van der Waals surface area contributed by atoms with Crippen molar-refractivity contribution in [1.29, 1.82) is 5.26 Å². The molecule has 0 aliphatic rings. The Morgan fingerprint density at radius 2 is 2.11 bits per heavy atom. The predicted molar refractivity (Wildman–Crippen MR) is 72.5 cm³/mol. The minimum atomic E-state index is -0.320. The van der Waals surface area contributed by atoms with Crippen LogP contribution in [0.25, 0.3) is 0 Å². The summed E-state index contributed by atoms with van der Waals surface area (Å²) in [6.07, 6.45) is 0. The fourth-order valence-corrected chi connectivity index (χ4v) is 1.71. The molecule has 0 aliphatic carbocycles. The number of nitrogens with two attached hydrogens (primary N) is 1. The molecule has 1 heterocycles. The molecule has 0 spiro atoms. The molecule has 1 aromatic carbocycles. The SMILES string of the molecule is Cc1cc(C(=O)Nc2ccccc2C#N)cc(N)n1. The number of aryl methyl sites for hydroxylation is 1. The van der Waals surface area contributed by atoms with Gasteiger partial charge in [-0.1, -0.05) is 12.1 Å². The minimum Gasteiger partial charge on any atom is -0.384 e. The van der Waals surface area contributed by atoms with Crippen molar-refractivity contribution >= 4 is 17.4 Å². The number of nitrogens with zero attached hydrogens (tertiary/aromatic N) is 2. The number of nitrogens with one attached hydrogen (secondary N) is 1. The molecule has 5 heteroatoms. The van der Waals surface area contributed by atoms with Crippen LogP contribution in [-0.4, -0.2) is 10.9 Å². The fraction of sp³-hybridized carbons (Fsp3) is 0.0714. The number of amides is 1. The molecule has 19 heavy (non-hydrogen) atoms. The van der Waals surface area contributed by atoms with Crippen molar-refractivity contribution in [2.45, 2.75) is 6.92 Å². The van der Waals surface area contributed by atoms with E-state index in [1.165, 1.54) is 6.07 Å². The number of benzene rings is 1. The number of nitrogen functional groups attached to an aromatic ring is 1. The van der Waals surface area contributed by atoms with Crippen molar-refractivity contribution < 1.29 is 4.79 Å². The maximum atomic E-state index is 12.1. The maximum absolute atomic E-state index is 12.1. The van der Waals surface area contributed by atoms with E-state index in [2.05, 4.69) is 10.3 Å². The summed E-state index contributed by atoms with van der Waals surface area (Å²) in [6.45, 7) is 1.76. The quantitative estimate of drug-likeness (QED) is 0.856. The molecule has 3 N–H and O–H groups in total. The average Bonchev–Trinajstić information content (AvgIpc) is 2.38. The first-order chi connectivity index (χ1) is 9.10. The van der Waals surface area contributed by atoms with E-state index in [4.69, 9.17) is 11.0 Å². The summed E-state index contributed by atoms with van der Waals surface area (Å²) in [5.74, 6) is -0.0291. The van der Waals surface area contributed by atoms with Crippen LogP contribution in [0.1, 0.15) is 21.6 Å². The maximum Gasteiger partial charge on any atom is 0.255 e. The third kappa shape index (κ3) is 2.87. The molecule has 0 fully saturated rings. The summed E-state index contributed by atoms with van der Waals surface area (Å²) in [5, 5.41) is 11.6. The van der Waals surface area contributed by atoms with Crippen molar-refractivity contribution in [2.24, 2.45) is 0 Å². The first-order valence-electron chi connectivity index (χ1n) is 5.65. The molecule has 0 atom stereocenters. The lowest BCUT2D eigenvalue weighted by Gasteiger charge is -2.07. The van der Waals surface area contributed by atoms with E-state index in [-0.39, 0.29) is 5.91 Å². The van der Waals surface area contributed by atoms with Crippen LogP contribution in [0.3, 0.4) is 0 Å². The zero-order valence-electron chi connectivity index (χ0n) is 10.3. The van der Waals surface area contributed by atoms with Gasteiger partial charge < -0.3 is 11.1 Å². The second-order valence-corrected chi connectivity index (χ2v) is 4.03. The summed E-state index contributed by atoms with van der Waals surface area (Å²) in [7, 11) is 0. The van der Waals surface area contributed by atoms with Crippen LogP contribution < -0.4 is 11.1 Å². The molecule has 1 aromatic heterocycles. The standard InChI is InChI=1S/C14H12N4O/c1-9-6-11(7-13(16)17-9)14(19)18-12-5-3-2-4-10(12)8-15/h2-7H,1H3,(H2,16,17)(H,18,19). The number of anilines is 2. The van der Waals surface area contributed by atoms with Crippen LogP contribution >= 0.6 is 0 Å². The van der Waals surface area contributed by atoms with E-state index >= 15 is 0 Å². The number of carbonyl (C=O) groups excluding carboxylic acids is 1. The van der Waals surface area contributed by atoms with Gasteiger partial charge in [0.1, 0.15) is 11.9 Å². The van der Waals surface area contributed by atoms with Gasteiger partial charge in [-0.3, -0.25) is 4.79 Å². The molecule has 2 rings (SSSR count). The van der Waals surface area contributed by atoms with Gasteiger partial charge in [-0.25, -0.2) is 4.98 Å². The van der Waals surface area contributed by atoms with Gasteiger partial charge in [-0.05, 0) is 31.2 Å². The number of hydrogen-bond donors (Lipinski definition) is 2. The van der Waals surface area contributed by atoms with Crippen LogP contribution in [-0.2, 0) is 0 Å². The molecular formula is C14H12N4O. The van der Waals surface area contributed by atoms with Gasteiger partial charge in [0.2, 0.25) is 0 Å². The first kappa shape index (κ1) is 12.6. The van der Waals surface area contributed by atoms with Crippen LogP contribution in [0.2, 0.25) is 0 Å². The number of pyridine rings is 1. The second-order valence-electron chi connectivity index (χ2n) is 4.03. The summed E-state index contributed by atoms with van der Waals surface area (Å²) >= 11 is 0. The predicted octanol–water partition coefficient (Wildman–Crippen LogP) is 2.10. The summed E-state index contributed by atoms with van der Waals surface area (Å²) in [4.78, 5) is 16.1. The highest BCUT2D eigenvalue weighted by Crippen LogP contribution is 2.16. The number of para-hydroxylation sites is 1. The van der Waals surface area contributed by atoms with E-state index in [0.29, 0.717) is 28.3 Å². The Hall–Kier alpha value is -2.87. The normalized spacial score (nSPS) is 9.68. The average molecular weight is 252 g/mol. The third-order valence-corrected chi connectivity index (χ3v) is 2.53. The Morgan fingerprint density at radius 1 is 1.37 bits per heavy atom. The van der Waals surface area contributed by atoms with Crippen molar-refractivity contribution in [1.82, 2.24) is 4.98 Å². The molecular weight excluding hydrogens is 240 g/mol. The largest absolute Gasteiger partial charge is 0.384 e. The van der Waals surface area contributed by atoms with Gasteiger partial charge in [-0.2, -0.15) is 5.26 Å². The Labute approximate surface area is 110 Å². The molecule has 5 nitrogen and oxygen atoms in total. The monoisotopic (exact) mass is 252 g/mol. The van der Waals surface area contributed by atoms with Crippen LogP contribution in [0.15, 0.2) is 36.4 Å². The molecule has 0 bridgehead atoms. The Bertz CT molecular complexity index is 653. The molecule has 0 saturated heterocycles. The fourth-order valence-electron chi connectivity index (χ4n) is 1.71. The van der Waals surface area contributed by atoms with Gasteiger partial charge in [-0.15, -0.1) is 0 Å². The topological polar surface area (TPSA) is 91.8 Å². The highest BCUT2D eigenvalue weighted by atomic mass is 16.1. The molecule has 0 unspecified atom stereocenters. The van der Waals surface area contributed by atoms with E-state index in [9.17, 15) is 4.79 Å². The van der Waals surface area contributed by atoms with Crippen molar-refractivity contribution in [3.63, 3.8) is 0 Å². The van der Waals surface area contributed by atoms with Gasteiger partial charge >= 0.3 is 0 Å². The molecule has 94 valence electrons. The smallest absolute Gasteiger partial charge is 0.255 e. The van der Waals surface area contributed by atoms with E-state index in [0.717, 1.165) is 0 Å². The minimum absolute atomic E-state index is 0.290. The second kappa shape index (κ2) is 5.19. The van der Waals surface area contributed by atoms with Crippen molar-refractivity contribution in [3.05, 3.63) is 53.2 Å². The van der Waals surface area contributed by atoms with Crippen molar-refractivity contribution in [3.8, 4) is 6.07 Å². The van der Waals surface area contributed by atoms with Gasteiger partial charge in [0, 0.05) is 11.3 Å². The first-order valence-corrected chi connectivity index (χ1v) is 5.65. The van der Waals surface area contributed by atoms with E-state index in [1.54, 1.807) is 37.3 Å². The van der Waals surface area contributed by atoms with Crippen LogP contribution in [0.4, 0.5) is 11.5 Å². The summed E-state index contributed by atoms with van der Waals surface area (Å²) in [5.41, 5.74) is 7.57. The Kier molecular flexibility index (Phi) is 3.44. The van der Waals surface area contributed by atoms with Crippen LogP contribution in [0, 0.1) is 18.3 Å². The van der Waals surface area contributed by atoms with E-state index < -0.39 is 0 Å². The number of nitriles is 1. The van der Waals surface area contributed by atoms with Crippen LogP contribution in [0.5, 0.6) is 0 Å². The molecule has 0 aliphatic heterocycles. The third-order valence-electron chi connectivity index (χ3n) is 2.53. The Balaban J connectivity index is 2.29. The summed E-state index contributed by atoms with van der Waals surface area (Å²) < 4.78 is 0. The molecule has 1 amide bonds. The van der Waals surface area contributed by atoms with Gasteiger partial charge in [0.05, 0.1) is 11.3 Å².